The van der Waals surface area contributed by atoms with Crippen LogP contribution in [0.1, 0.15) is 37.5 Å². The molecule has 0 radical (unpaired) electrons. The molecule has 1 amide bonds. The Hall–Kier alpha value is -1.80. The maximum Gasteiger partial charge on any atom is 0.350 e. The second-order valence-corrected chi connectivity index (χ2v) is 5.60. The molecule has 1 N–H and O–H groups in total. The summed E-state index contributed by atoms with van der Waals surface area (Å²) >= 11 is 2.28. The van der Waals surface area contributed by atoms with Crippen molar-refractivity contribution in [2.75, 3.05) is 12.4 Å². The second kappa shape index (κ2) is 6.10. The lowest BCUT2D eigenvalue weighted by Gasteiger charge is -2.06. The molecule has 0 aliphatic heterocycles. The van der Waals surface area contributed by atoms with E-state index < -0.39 is 5.97 Å². The van der Waals surface area contributed by atoms with E-state index in [2.05, 4.69) is 14.9 Å². The average Bonchev–Trinajstić information content (AvgIpc) is 3.05. The Bertz CT molecular complexity index is 648. The first kappa shape index (κ1) is 14.6. The molecule has 2 aromatic rings. The van der Waals surface area contributed by atoms with E-state index in [0.29, 0.717) is 27.6 Å². The van der Waals surface area contributed by atoms with E-state index in [9.17, 15) is 9.59 Å². The van der Waals surface area contributed by atoms with Crippen molar-refractivity contribution in [1.29, 1.82) is 0 Å². The van der Waals surface area contributed by atoms with Gasteiger partial charge in [-0.25, -0.2) is 4.79 Å². The van der Waals surface area contributed by atoms with Crippen molar-refractivity contribution in [2.45, 2.75) is 20.3 Å². The summed E-state index contributed by atoms with van der Waals surface area (Å²) < 4.78 is 8.49. The summed E-state index contributed by atoms with van der Waals surface area (Å²) in [6.45, 7) is 3.73. The van der Waals surface area contributed by atoms with Gasteiger partial charge in [-0.2, -0.15) is 0 Å². The number of nitrogens with one attached hydrogen (secondary N) is 1. The first-order valence-electron chi connectivity index (χ1n) is 5.87. The Morgan fingerprint density at radius 1 is 1.40 bits per heavy atom. The molecule has 0 saturated heterocycles. The molecule has 0 aliphatic rings. The van der Waals surface area contributed by atoms with E-state index in [-0.39, 0.29) is 5.91 Å². The number of carbonyl (C=O) groups excluding carboxylic acids is 2. The predicted molar refractivity (Wildman–Crippen MR) is 77.6 cm³/mol. The minimum absolute atomic E-state index is 0.302. The highest BCUT2D eigenvalue weighted by molar-refractivity contribution is 7.13. The zero-order chi connectivity index (χ0) is 14.7. The number of carbonyl (C=O) groups is 2. The summed E-state index contributed by atoms with van der Waals surface area (Å²) in [5.41, 5.74) is 1.96. The molecule has 0 spiro atoms. The van der Waals surface area contributed by atoms with Gasteiger partial charge in [-0.05, 0) is 35.8 Å². The van der Waals surface area contributed by atoms with Crippen LogP contribution in [0.5, 0.6) is 0 Å². The Balaban J connectivity index is 2.28. The first-order valence-corrected chi connectivity index (χ1v) is 7.52. The minimum atomic E-state index is -0.462. The number of aryl methyl sites for hydroxylation is 2. The van der Waals surface area contributed by atoms with Crippen molar-refractivity contribution in [3.63, 3.8) is 0 Å². The van der Waals surface area contributed by atoms with Gasteiger partial charge >= 0.3 is 5.97 Å². The van der Waals surface area contributed by atoms with Crippen molar-refractivity contribution < 1.29 is 14.3 Å². The van der Waals surface area contributed by atoms with Gasteiger partial charge in [0, 0.05) is 0 Å². The van der Waals surface area contributed by atoms with E-state index in [0.717, 1.165) is 17.1 Å². The Morgan fingerprint density at radius 2 is 2.15 bits per heavy atom. The number of ether oxygens (including phenoxy) is 1. The molecule has 2 aromatic heterocycles. The zero-order valence-corrected chi connectivity index (χ0v) is 12.9. The highest BCUT2D eigenvalue weighted by atomic mass is 32.1. The topological polar surface area (TPSA) is 81.2 Å². The van der Waals surface area contributed by atoms with Crippen LogP contribution >= 0.6 is 22.9 Å². The molecule has 2 heterocycles. The van der Waals surface area contributed by atoms with Gasteiger partial charge in [0.05, 0.1) is 18.5 Å². The number of aromatic nitrogens is 2. The molecule has 0 fully saturated rings. The van der Waals surface area contributed by atoms with Crippen LogP contribution in [0, 0.1) is 6.92 Å². The lowest BCUT2D eigenvalue weighted by molar-refractivity contribution is 0.0607. The molecule has 2 rings (SSSR count). The SMILES string of the molecule is CCc1nnsc1C(=O)Nc1c(C)csc1C(=O)OC. The quantitative estimate of drug-likeness (QED) is 0.877. The van der Waals surface area contributed by atoms with Gasteiger partial charge in [0.15, 0.2) is 0 Å². The fourth-order valence-corrected chi connectivity index (χ4v) is 3.19. The monoisotopic (exact) mass is 311 g/mol. The standard InChI is InChI=1S/C12H13N3O3S2/c1-4-7-9(20-15-14-7)11(16)13-8-6(2)5-19-10(8)12(17)18-3/h5H,4H2,1-3H3,(H,13,16). The molecule has 20 heavy (non-hydrogen) atoms. The van der Waals surface area contributed by atoms with Crippen LogP contribution < -0.4 is 5.32 Å². The highest BCUT2D eigenvalue weighted by Gasteiger charge is 2.21. The van der Waals surface area contributed by atoms with Gasteiger partial charge in [0.25, 0.3) is 5.91 Å². The molecule has 0 aromatic carbocycles. The van der Waals surface area contributed by atoms with E-state index in [4.69, 9.17) is 4.74 Å². The number of esters is 1. The molecule has 0 atom stereocenters. The summed E-state index contributed by atoms with van der Waals surface area (Å²) in [5.74, 6) is -0.764. The lowest BCUT2D eigenvalue weighted by atomic mass is 10.2. The van der Waals surface area contributed by atoms with Crippen molar-refractivity contribution in [1.82, 2.24) is 9.59 Å². The number of rotatable bonds is 4. The van der Waals surface area contributed by atoms with Gasteiger partial charge < -0.3 is 10.1 Å². The van der Waals surface area contributed by atoms with E-state index in [1.807, 2.05) is 13.8 Å². The van der Waals surface area contributed by atoms with E-state index in [1.165, 1.54) is 18.4 Å². The molecule has 106 valence electrons. The lowest BCUT2D eigenvalue weighted by Crippen LogP contribution is -2.15. The Kier molecular flexibility index (Phi) is 4.46. The van der Waals surface area contributed by atoms with Crippen LogP contribution in [-0.4, -0.2) is 28.6 Å². The van der Waals surface area contributed by atoms with Crippen LogP contribution in [0.3, 0.4) is 0 Å². The van der Waals surface area contributed by atoms with Crippen molar-refractivity contribution in [2.24, 2.45) is 0 Å². The smallest absolute Gasteiger partial charge is 0.350 e. The molecule has 8 heteroatoms. The Labute approximate surface area is 123 Å². The fraction of sp³-hybridized carbons (Fsp3) is 0.333. The van der Waals surface area contributed by atoms with Crippen LogP contribution in [0.15, 0.2) is 5.38 Å². The summed E-state index contributed by atoms with van der Waals surface area (Å²) in [5, 5.41) is 8.45. The molecule has 0 saturated carbocycles. The normalized spacial score (nSPS) is 10.3. The number of hydrogen-bond donors (Lipinski definition) is 1. The molecule has 0 aliphatic carbocycles. The zero-order valence-electron chi connectivity index (χ0n) is 11.2. The second-order valence-electron chi connectivity index (χ2n) is 3.97. The van der Waals surface area contributed by atoms with Gasteiger partial charge in [-0.15, -0.1) is 16.4 Å². The van der Waals surface area contributed by atoms with Crippen molar-refractivity contribution in [3.8, 4) is 0 Å². The predicted octanol–water partition coefficient (Wildman–Crippen LogP) is 2.51. The van der Waals surface area contributed by atoms with E-state index in [1.54, 1.807) is 5.38 Å². The number of nitrogens with zero attached hydrogens (tertiary/aromatic N) is 2. The number of thiophene rings is 1. The van der Waals surface area contributed by atoms with Crippen molar-refractivity contribution >= 4 is 40.4 Å². The maximum absolute atomic E-state index is 12.2. The molecular weight excluding hydrogens is 298 g/mol. The molecule has 0 unspecified atom stereocenters. The third-order valence-electron chi connectivity index (χ3n) is 2.68. The van der Waals surface area contributed by atoms with Gasteiger partial charge in [-0.3, -0.25) is 4.79 Å². The van der Waals surface area contributed by atoms with Crippen LogP contribution in [0.25, 0.3) is 0 Å². The summed E-state index contributed by atoms with van der Waals surface area (Å²) in [4.78, 5) is 24.7. The minimum Gasteiger partial charge on any atom is -0.465 e. The average molecular weight is 311 g/mol. The highest BCUT2D eigenvalue weighted by Crippen LogP contribution is 2.29. The number of amides is 1. The van der Waals surface area contributed by atoms with Gasteiger partial charge in [0.2, 0.25) is 0 Å². The van der Waals surface area contributed by atoms with Crippen LogP contribution in [0.4, 0.5) is 5.69 Å². The molecule has 0 bridgehead atoms. The summed E-state index contributed by atoms with van der Waals surface area (Å²) in [6.07, 6.45) is 0.631. The third-order valence-corrected chi connectivity index (χ3v) is 4.53. The van der Waals surface area contributed by atoms with Crippen molar-refractivity contribution in [3.05, 3.63) is 26.4 Å². The number of methoxy groups -OCH3 is 1. The third kappa shape index (κ3) is 2.70. The maximum atomic E-state index is 12.2. The molecular formula is C12H13N3O3S2. The largest absolute Gasteiger partial charge is 0.465 e. The van der Waals surface area contributed by atoms with Crippen LogP contribution in [-0.2, 0) is 11.2 Å². The summed E-state index contributed by atoms with van der Waals surface area (Å²) in [6, 6.07) is 0. The van der Waals surface area contributed by atoms with Crippen LogP contribution in [0.2, 0.25) is 0 Å². The number of anilines is 1. The Morgan fingerprint density at radius 3 is 2.80 bits per heavy atom. The molecule has 6 nitrogen and oxygen atoms in total. The first-order chi connectivity index (χ1) is 9.58. The summed E-state index contributed by atoms with van der Waals surface area (Å²) in [7, 11) is 1.31. The number of hydrogen-bond acceptors (Lipinski definition) is 7. The van der Waals surface area contributed by atoms with E-state index >= 15 is 0 Å². The van der Waals surface area contributed by atoms with Gasteiger partial charge in [-0.1, -0.05) is 11.4 Å². The van der Waals surface area contributed by atoms with Gasteiger partial charge in [0.1, 0.15) is 9.75 Å². The fourth-order valence-electron chi connectivity index (χ4n) is 1.63.